The summed E-state index contributed by atoms with van der Waals surface area (Å²) in [5, 5.41) is 10.1. The van der Waals surface area contributed by atoms with Crippen molar-refractivity contribution in [2.75, 3.05) is 13.7 Å². The summed E-state index contributed by atoms with van der Waals surface area (Å²) in [6.45, 7) is 0.0539. The summed E-state index contributed by atoms with van der Waals surface area (Å²) in [6, 6.07) is 34.8. The minimum absolute atomic E-state index is 0.0539. The molecule has 1 aliphatic rings. The number of nitro benzene ring substituents is 1. The number of methoxy groups -OCH3 is 1. The largest absolute Gasteiger partial charge is 0.452 e. The Labute approximate surface area is 242 Å². The monoisotopic (exact) mass is 573 g/mol. The van der Waals surface area contributed by atoms with E-state index in [-0.39, 0.29) is 17.9 Å². The Hall–Kier alpha value is -4.08. The van der Waals surface area contributed by atoms with Gasteiger partial charge in [0, 0.05) is 19.2 Å². The van der Waals surface area contributed by atoms with Crippen LogP contribution in [0.15, 0.2) is 115 Å². The van der Waals surface area contributed by atoms with Crippen molar-refractivity contribution in [2.24, 2.45) is 0 Å². The second-order valence-electron chi connectivity index (χ2n) is 9.49. The molecule has 0 N–H and O–H groups in total. The fourth-order valence-corrected chi connectivity index (χ4v) is 5.32. The summed E-state index contributed by atoms with van der Waals surface area (Å²) in [7, 11) is 1.44. The first-order valence-corrected chi connectivity index (χ1v) is 13.5. The Balaban J connectivity index is 1.41. The fraction of sp³-hybridized carbons (Fsp3) is 0.219. The molecule has 0 unspecified atom stereocenters. The van der Waals surface area contributed by atoms with Gasteiger partial charge in [0.15, 0.2) is 12.4 Å². The van der Waals surface area contributed by atoms with Crippen LogP contribution in [0, 0.1) is 10.1 Å². The van der Waals surface area contributed by atoms with Gasteiger partial charge in [0.1, 0.15) is 17.1 Å². The summed E-state index contributed by atoms with van der Waals surface area (Å²) in [6.07, 6.45) is -2.57. The molecule has 4 atom stereocenters. The van der Waals surface area contributed by atoms with Gasteiger partial charge in [-0.25, -0.2) is 4.79 Å². The van der Waals surface area contributed by atoms with Gasteiger partial charge >= 0.3 is 5.97 Å². The fourth-order valence-electron chi connectivity index (χ4n) is 5.01. The molecule has 1 heterocycles. The number of rotatable bonds is 10. The maximum Gasteiger partial charge on any atom is 0.338 e. The standard InChI is InChI=1S/C32H28ClNO7/c1-38-31-29(41-30(35)22-17-19-26(20-18-22)34(36)37)28(33)27(40-31)21-39-32(23-11-5-2-6-12-23,24-13-7-3-8-14-24)25-15-9-4-10-16-25/h2-20,27-29,31H,21H2,1H3/t27-,28+,29-,31+/m1/s1. The van der Waals surface area contributed by atoms with Crippen molar-refractivity contribution in [3.05, 3.63) is 148 Å². The highest BCUT2D eigenvalue weighted by atomic mass is 35.5. The topological polar surface area (TPSA) is 97.1 Å². The number of non-ortho nitro benzene ring substituents is 1. The van der Waals surface area contributed by atoms with E-state index in [2.05, 4.69) is 0 Å². The zero-order valence-electron chi connectivity index (χ0n) is 22.2. The van der Waals surface area contributed by atoms with Gasteiger partial charge in [-0.05, 0) is 28.8 Å². The Morgan fingerprint density at radius 2 is 1.34 bits per heavy atom. The normalized spacial score (nSPS) is 20.4. The molecule has 9 heteroatoms. The first kappa shape index (κ1) is 28.4. The highest BCUT2D eigenvalue weighted by Gasteiger charge is 2.48. The number of ether oxygens (including phenoxy) is 4. The van der Waals surface area contributed by atoms with E-state index in [9.17, 15) is 14.9 Å². The minimum Gasteiger partial charge on any atom is -0.452 e. The molecule has 0 saturated carbocycles. The number of carbonyl (C=O) groups is 1. The molecule has 4 aromatic rings. The summed E-state index contributed by atoms with van der Waals surface area (Å²) in [5.74, 6) is -0.699. The van der Waals surface area contributed by atoms with Crippen molar-refractivity contribution >= 4 is 23.3 Å². The molecule has 210 valence electrons. The molecule has 1 aliphatic heterocycles. The number of hydrogen-bond donors (Lipinski definition) is 0. The van der Waals surface area contributed by atoms with Gasteiger partial charge in [0.05, 0.1) is 17.1 Å². The third-order valence-electron chi connectivity index (χ3n) is 7.04. The van der Waals surface area contributed by atoms with Gasteiger partial charge in [0.25, 0.3) is 5.69 Å². The van der Waals surface area contributed by atoms with E-state index in [1.54, 1.807) is 0 Å². The van der Waals surface area contributed by atoms with Crippen LogP contribution in [0.25, 0.3) is 0 Å². The van der Waals surface area contributed by atoms with Crippen LogP contribution in [-0.2, 0) is 24.5 Å². The smallest absolute Gasteiger partial charge is 0.338 e. The zero-order valence-corrected chi connectivity index (χ0v) is 22.9. The molecule has 0 radical (unpaired) electrons. The van der Waals surface area contributed by atoms with E-state index in [4.69, 9.17) is 30.5 Å². The third kappa shape index (κ3) is 5.87. The lowest BCUT2D eigenvalue weighted by Gasteiger charge is -2.37. The number of hydrogen-bond acceptors (Lipinski definition) is 7. The average Bonchev–Trinajstić information content (AvgIpc) is 3.32. The maximum atomic E-state index is 12.9. The van der Waals surface area contributed by atoms with E-state index >= 15 is 0 Å². The lowest BCUT2D eigenvalue weighted by molar-refractivity contribution is -0.384. The number of nitro groups is 1. The molecule has 0 aromatic heterocycles. The molecule has 1 saturated heterocycles. The van der Waals surface area contributed by atoms with E-state index < -0.39 is 40.4 Å². The summed E-state index contributed by atoms with van der Waals surface area (Å²) < 4.78 is 24.1. The van der Waals surface area contributed by atoms with Crippen LogP contribution >= 0.6 is 11.6 Å². The first-order valence-electron chi connectivity index (χ1n) is 13.0. The molecule has 0 bridgehead atoms. The van der Waals surface area contributed by atoms with Crippen LogP contribution in [0.1, 0.15) is 27.0 Å². The van der Waals surface area contributed by atoms with Crippen molar-refractivity contribution in [2.45, 2.75) is 29.5 Å². The van der Waals surface area contributed by atoms with Gasteiger partial charge in [-0.3, -0.25) is 10.1 Å². The molecule has 1 fully saturated rings. The highest BCUT2D eigenvalue weighted by molar-refractivity contribution is 6.21. The molecular formula is C32H28ClNO7. The molecule has 0 aliphatic carbocycles. The van der Waals surface area contributed by atoms with Crippen molar-refractivity contribution in [1.82, 2.24) is 0 Å². The van der Waals surface area contributed by atoms with Gasteiger partial charge in [-0.15, -0.1) is 11.6 Å². The van der Waals surface area contributed by atoms with Crippen LogP contribution in [0.2, 0.25) is 0 Å². The molecule has 5 rings (SSSR count). The van der Waals surface area contributed by atoms with Crippen LogP contribution < -0.4 is 0 Å². The predicted molar refractivity (Wildman–Crippen MR) is 153 cm³/mol. The average molecular weight is 574 g/mol. The number of esters is 1. The van der Waals surface area contributed by atoms with Crippen LogP contribution in [0.5, 0.6) is 0 Å². The molecule has 0 amide bonds. The molecular weight excluding hydrogens is 546 g/mol. The number of nitrogens with zero attached hydrogens (tertiary/aromatic N) is 1. The number of carbonyl (C=O) groups excluding carboxylic acids is 1. The van der Waals surface area contributed by atoms with E-state index in [1.165, 1.54) is 31.4 Å². The number of benzene rings is 4. The number of alkyl halides is 1. The molecule has 4 aromatic carbocycles. The van der Waals surface area contributed by atoms with Gasteiger partial charge < -0.3 is 18.9 Å². The summed E-state index contributed by atoms with van der Waals surface area (Å²) in [5.41, 5.74) is 1.79. The second kappa shape index (κ2) is 12.6. The Morgan fingerprint density at radius 3 is 1.78 bits per heavy atom. The van der Waals surface area contributed by atoms with Crippen LogP contribution in [-0.4, -0.2) is 48.5 Å². The van der Waals surface area contributed by atoms with Crippen molar-refractivity contribution < 1.29 is 28.7 Å². The Kier molecular flexibility index (Phi) is 8.75. The van der Waals surface area contributed by atoms with Crippen LogP contribution in [0.3, 0.4) is 0 Å². The molecule has 8 nitrogen and oxygen atoms in total. The highest BCUT2D eigenvalue weighted by Crippen LogP contribution is 2.41. The van der Waals surface area contributed by atoms with Crippen molar-refractivity contribution in [1.29, 1.82) is 0 Å². The lowest BCUT2D eigenvalue weighted by Crippen LogP contribution is -2.39. The van der Waals surface area contributed by atoms with E-state index in [1.807, 2.05) is 91.0 Å². The maximum absolute atomic E-state index is 12.9. The second-order valence-corrected chi connectivity index (χ2v) is 9.99. The zero-order chi connectivity index (χ0) is 28.8. The van der Waals surface area contributed by atoms with Crippen molar-refractivity contribution in [3.8, 4) is 0 Å². The van der Waals surface area contributed by atoms with Crippen LogP contribution in [0.4, 0.5) is 5.69 Å². The Morgan fingerprint density at radius 1 is 0.854 bits per heavy atom. The van der Waals surface area contributed by atoms with E-state index in [0.29, 0.717) is 0 Å². The lowest BCUT2D eigenvalue weighted by atomic mass is 9.80. The first-order chi connectivity index (χ1) is 19.9. The van der Waals surface area contributed by atoms with E-state index in [0.717, 1.165) is 16.7 Å². The SMILES string of the molecule is CO[C@H]1O[C@H](COC(c2ccccc2)(c2ccccc2)c2ccccc2)[C@H](Cl)[C@H]1OC(=O)c1ccc([N+](=O)[O-])cc1. The van der Waals surface area contributed by atoms with Gasteiger partial charge in [0.2, 0.25) is 0 Å². The number of halogens is 1. The molecule has 0 spiro atoms. The van der Waals surface area contributed by atoms with Gasteiger partial charge in [-0.1, -0.05) is 91.0 Å². The molecule has 41 heavy (non-hydrogen) atoms. The predicted octanol–water partition coefficient (Wildman–Crippen LogP) is 6.11. The minimum atomic E-state index is -0.986. The van der Waals surface area contributed by atoms with Gasteiger partial charge in [-0.2, -0.15) is 0 Å². The summed E-state index contributed by atoms with van der Waals surface area (Å²) in [4.78, 5) is 23.3. The summed E-state index contributed by atoms with van der Waals surface area (Å²) >= 11 is 6.83. The third-order valence-corrected chi connectivity index (χ3v) is 7.57. The van der Waals surface area contributed by atoms with Crippen molar-refractivity contribution in [3.63, 3.8) is 0 Å². The Bertz CT molecular complexity index is 1360. The quantitative estimate of drug-likeness (QED) is 0.0742.